The molecule has 0 bridgehead atoms. The zero-order valence-corrected chi connectivity index (χ0v) is 22.1. The summed E-state index contributed by atoms with van der Waals surface area (Å²) in [6.07, 6.45) is 0.380. The van der Waals surface area contributed by atoms with Gasteiger partial charge in [-0.1, -0.05) is 80.6 Å². The second-order valence-electron chi connectivity index (χ2n) is 10.1. The Kier molecular flexibility index (Phi) is 7.27. The van der Waals surface area contributed by atoms with Gasteiger partial charge in [0.15, 0.2) is 11.9 Å². The lowest BCUT2D eigenvalue weighted by Crippen LogP contribution is -2.55. The highest BCUT2D eigenvalue weighted by atomic mass is 16.2. The number of nitrogens with zero attached hydrogens (tertiary/aromatic N) is 2. The molecular formula is C31H31N5O3. The van der Waals surface area contributed by atoms with Crippen LogP contribution in [0.15, 0.2) is 90.0 Å². The molecule has 198 valence electrons. The molecule has 3 amide bonds. The Morgan fingerprint density at radius 2 is 1.59 bits per heavy atom. The van der Waals surface area contributed by atoms with Gasteiger partial charge in [-0.25, -0.2) is 5.01 Å². The molecular weight excluding hydrogens is 490 g/mol. The van der Waals surface area contributed by atoms with Gasteiger partial charge in [0.25, 0.3) is 17.7 Å². The molecule has 4 aromatic rings. The van der Waals surface area contributed by atoms with Gasteiger partial charge >= 0.3 is 0 Å². The summed E-state index contributed by atoms with van der Waals surface area (Å²) in [5, 5.41) is 12.6. The Bertz CT molecular complexity index is 1540. The number of H-pyrrole nitrogens is 1. The van der Waals surface area contributed by atoms with E-state index in [4.69, 9.17) is 5.10 Å². The number of para-hydroxylation sites is 1. The van der Waals surface area contributed by atoms with E-state index in [0.29, 0.717) is 23.1 Å². The molecule has 1 aromatic heterocycles. The van der Waals surface area contributed by atoms with Gasteiger partial charge < -0.3 is 15.6 Å². The van der Waals surface area contributed by atoms with E-state index >= 15 is 0 Å². The maximum atomic E-state index is 14.3. The molecule has 0 aliphatic carbocycles. The zero-order valence-electron chi connectivity index (χ0n) is 22.1. The summed E-state index contributed by atoms with van der Waals surface area (Å²) in [6, 6.07) is 23.7. The van der Waals surface area contributed by atoms with Crippen molar-refractivity contribution in [1.29, 1.82) is 0 Å². The maximum absolute atomic E-state index is 14.3. The fourth-order valence-electron chi connectivity index (χ4n) is 4.98. The SMILES string of the molecule is Cc1[nH]c2ccccc2c1[C@@H]1C(=O)NC(c2ccccc2)=NN1C(=O)[C@@H](CC(C)C)NC(=O)c1ccccc1. The molecule has 8 nitrogen and oxygen atoms in total. The van der Waals surface area contributed by atoms with Gasteiger partial charge in [0.05, 0.1) is 0 Å². The van der Waals surface area contributed by atoms with Gasteiger partial charge in [0.1, 0.15) is 6.04 Å². The number of rotatable bonds is 7. The van der Waals surface area contributed by atoms with Crippen molar-refractivity contribution in [3.05, 3.63) is 107 Å². The molecule has 0 spiro atoms. The summed E-state index contributed by atoms with van der Waals surface area (Å²) in [7, 11) is 0. The van der Waals surface area contributed by atoms with Gasteiger partial charge in [0, 0.05) is 33.3 Å². The van der Waals surface area contributed by atoms with Gasteiger partial charge in [-0.3, -0.25) is 14.4 Å². The van der Waals surface area contributed by atoms with E-state index in [1.807, 2.05) is 81.4 Å². The summed E-state index contributed by atoms with van der Waals surface area (Å²) >= 11 is 0. The Morgan fingerprint density at radius 3 is 2.28 bits per heavy atom. The molecule has 0 unspecified atom stereocenters. The van der Waals surface area contributed by atoms with Gasteiger partial charge in [-0.15, -0.1) is 0 Å². The number of amides is 3. The third kappa shape index (κ3) is 5.31. The Morgan fingerprint density at radius 1 is 0.949 bits per heavy atom. The summed E-state index contributed by atoms with van der Waals surface area (Å²) in [5.41, 5.74) is 3.42. The third-order valence-electron chi connectivity index (χ3n) is 6.78. The number of aromatic nitrogens is 1. The van der Waals surface area contributed by atoms with E-state index in [0.717, 1.165) is 16.6 Å². The minimum Gasteiger partial charge on any atom is -0.358 e. The maximum Gasteiger partial charge on any atom is 0.266 e. The first kappa shape index (κ1) is 25.9. The molecule has 2 heterocycles. The molecule has 3 aromatic carbocycles. The number of aromatic amines is 1. The lowest BCUT2D eigenvalue weighted by Gasteiger charge is -2.34. The molecule has 0 saturated carbocycles. The van der Waals surface area contributed by atoms with Crippen molar-refractivity contribution < 1.29 is 14.4 Å². The van der Waals surface area contributed by atoms with E-state index < -0.39 is 18.0 Å². The van der Waals surface area contributed by atoms with Crippen molar-refractivity contribution in [1.82, 2.24) is 20.6 Å². The van der Waals surface area contributed by atoms with Crippen LogP contribution >= 0.6 is 0 Å². The number of benzene rings is 3. The van der Waals surface area contributed by atoms with Gasteiger partial charge in [-0.2, -0.15) is 5.10 Å². The molecule has 0 radical (unpaired) electrons. The van der Waals surface area contributed by atoms with Crippen LogP contribution in [-0.2, 0) is 9.59 Å². The molecule has 39 heavy (non-hydrogen) atoms. The summed E-state index contributed by atoms with van der Waals surface area (Å²) in [5.74, 6) is -0.809. The minimum atomic E-state index is -1.02. The van der Waals surface area contributed by atoms with Crippen molar-refractivity contribution in [3.63, 3.8) is 0 Å². The van der Waals surface area contributed by atoms with Crippen molar-refractivity contribution in [3.8, 4) is 0 Å². The first-order valence-electron chi connectivity index (χ1n) is 13.0. The molecule has 8 heteroatoms. The van der Waals surface area contributed by atoms with E-state index in [2.05, 4.69) is 15.6 Å². The lowest BCUT2D eigenvalue weighted by molar-refractivity contribution is -0.143. The van der Waals surface area contributed by atoms with Crippen LogP contribution in [0.3, 0.4) is 0 Å². The highest BCUT2D eigenvalue weighted by Crippen LogP contribution is 2.34. The topological polar surface area (TPSA) is 107 Å². The van der Waals surface area contributed by atoms with Crippen molar-refractivity contribution >= 4 is 34.5 Å². The van der Waals surface area contributed by atoms with E-state index in [-0.39, 0.29) is 23.6 Å². The van der Waals surface area contributed by atoms with E-state index in [1.165, 1.54) is 5.01 Å². The predicted octanol–water partition coefficient (Wildman–Crippen LogP) is 4.68. The van der Waals surface area contributed by atoms with Crippen LogP contribution in [0.1, 0.15) is 53.5 Å². The average Bonchev–Trinajstić information content (AvgIpc) is 3.27. The number of aryl methyl sites for hydroxylation is 1. The van der Waals surface area contributed by atoms with Crippen LogP contribution in [0.5, 0.6) is 0 Å². The van der Waals surface area contributed by atoms with Crippen molar-refractivity contribution in [2.24, 2.45) is 11.0 Å². The Balaban J connectivity index is 1.60. The highest BCUT2D eigenvalue weighted by Gasteiger charge is 2.41. The van der Waals surface area contributed by atoms with Crippen molar-refractivity contribution in [2.75, 3.05) is 0 Å². The van der Waals surface area contributed by atoms with Gasteiger partial charge in [-0.05, 0) is 37.5 Å². The molecule has 3 N–H and O–H groups in total. The number of fused-ring (bicyclic) bond motifs is 1. The molecule has 1 aliphatic rings. The Labute approximate surface area is 227 Å². The molecule has 0 fully saturated rings. The second kappa shape index (κ2) is 10.9. The number of hydrogen-bond acceptors (Lipinski definition) is 4. The summed E-state index contributed by atoms with van der Waals surface area (Å²) in [4.78, 5) is 44.5. The number of carbonyl (C=O) groups is 3. The van der Waals surface area contributed by atoms with Crippen molar-refractivity contribution in [2.45, 2.75) is 39.3 Å². The minimum absolute atomic E-state index is 0.0967. The summed E-state index contributed by atoms with van der Waals surface area (Å²) < 4.78 is 0. The number of hydrogen-bond donors (Lipinski definition) is 3. The molecule has 1 aliphatic heterocycles. The first-order chi connectivity index (χ1) is 18.8. The fraction of sp³-hybridized carbons (Fsp3) is 0.226. The second-order valence-corrected chi connectivity index (χ2v) is 10.1. The van der Waals surface area contributed by atoms with Crippen LogP contribution in [0.4, 0.5) is 0 Å². The fourth-order valence-corrected chi connectivity index (χ4v) is 4.98. The molecule has 0 saturated heterocycles. The van der Waals surface area contributed by atoms with Crippen LogP contribution < -0.4 is 10.6 Å². The monoisotopic (exact) mass is 521 g/mol. The van der Waals surface area contributed by atoms with Gasteiger partial charge in [0.2, 0.25) is 0 Å². The number of amidine groups is 1. The first-order valence-corrected chi connectivity index (χ1v) is 13.0. The number of nitrogens with one attached hydrogen (secondary N) is 3. The highest BCUT2D eigenvalue weighted by molar-refractivity contribution is 6.13. The van der Waals surface area contributed by atoms with Crippen LogP contribution in [0, 0.1) is 12.8 Å². The zero-order chi connectivity index (χ0) is 27.5. The average molecular weight is 522 g/mol. The van der Waals surface area contributed by atoms with Crippen LogP contribution in [-0.4, -0.2) is 39.6 Å². The van der Waals surface area contributed by atoms with E-state index in [9.17, 15) is 14.4 Å². The van der Waals surface area contributed by atoms with Crippen LogP contribution in [0.25, 0.3) is 10.9 Å². The smallest absolute Gasteiger partial charge is 0.266 e. The molecule has 5 rings (SSSR count). The predicted molar refractivity (Wildman–Crippen MR) is 151 cm³/mol. The molecule has 2 atom stereocenters. The number of carbonyl (C=O) groups excluding carboxylic acids is 3. The largest absolute Gasteiger partial charge is 0.358 e. The number of hydrazone groups is 1. The summed E-state index contributed by atoms with van der Waals surface area (Å²) in [6.45, 7) is 5.85. The lowest BCUT2D eigenvalue weighted by atomic mass is 9.98. The third-order valence-corrected chi connectivity index (χ3v) is 6.78. The Hall–Kier alpha value is -4.72. The quantitative estimate of drug-likeness (QED) is 0.329. The van der Waals surface area contributed by atoms with E-state index in [1.54, 1.807) is 24.3 Å². The normalized spacial score (nSPS) is 16.1. The van der Waals surface area contributed by atoms with Crippen LogP contribution in [0.2, 0.25) is 0 Å². The standard InChI is InChI=1S/C31H31N5O3/c1-19(2)18-25(33-29(37)22-14-8-5-9-15-22)31(39)36-27(26-20(3)32-24-17-11-10-16-23(24)26)30(38)34-28(35-36)21-12-6-4-7-13-21/h4-17,19,25,27,32H,18H2,1-3H3,(H,33,37)(H,34,35,38)/t25-,27-/m1/s1.